The summed E-state index contributed by atoms with van der Waals surface area (Å²) in [5.74, 6) is 0. The highest BCUT2D eigenvalue weighted by molar-refractivity contribution is 5.25. The van der Waals surface area contributed by atoms with Gasteiger partial charge in [0.1, 0.15) is 0 Å². The van der Waals surface area contributed by atoms with Gasteiger partial charge in [-0.05, 0) is 30.0 Å². The Kier molecular flexibility index (Phi) is 9.35. The predicted molar refractivity (Wildman–Crippen MR) is 105 cm³/mol. The van der Waals surface area contributed by atoms with Crippen molar-refractivity contribution in [2.24, 2.45) is 0 Å². The molecule has 0 spiro atoms. The summed E-state index contributed by atoms with van der Waals surface area (Å²) in [6.45, 7) is 6.02. The van der Waals surface area contributed by atoms with Gasteiger partial charge in [-0.3, -0.25) is 4.90 Å². The van der Waals surface area contributed by atoms with Crippen molar-refractivity contribution < 1.29 is 14.6 Å². The average molecular weight is 357 g/mol. The number of aryl methyl sites for hydroxylation is 1. The van der Waals surface area contributed by atoms with E-state index in [1.165, 1.54) is 11.1 Å². The van der Waals surface area contributed by atoms with E-state index >= 15 is 0 Å². The molecule has 0 amide bonds. The molecule has 2 aromatic carbocycles. The summed E-state index contributed by atoms with van der Waals surface area (Å²) in [5, 5.41) is 10.4. The summed E-state index contributed by atoms with van der Waals surface area (Å²) in [4.78, 5) is 2.28. The molecule has 0 heterocycles. The quantitative estimate of drug-likeness (QED) is 0.591. The van der Waals surface area contributed by atoms with Crippen molar-refractivity contribution in [3.63, 3.8) is 0 Å². The Hall–Kier alpha value is -1.72. The first-order valence-electron chi connectivity index (χ1n) is 9.24. The van der Waals surface area contributed by atoms with Crippen LogP contribution in [-0.4, -0.2) is 49.5 Å². The van der Waals surface area contributed by atoms with Crippen LogP contribution in [0.2, 0.25) is 0 Å². The third kappa shape index (κ3) is 7.67. The van der Waals surface area contributed by atoms with Crippen molar-refractivity contribution in [2.75, 3.05) is 33.4 Å². The topological polar surface area (TPSA) is 41.9 Å². The molecule has 0 aliphatic rings. The zero-order chi connectivity index (χ0) is 18.6. The highest BCUT2D eigenvalue weighted by Crippen LogP contribution is 2.12. The van der Waals surface area contributed by atoms with Crippen LogP contribution in [0.15, 0.2) is 54.6 Å². The Morgan fingerprint density at radius 1 is 1.04 bits per heavy atom. The smallest absolute Gasteiger partial charge is 0.0900 e. The fourth-order valence-corrected chi connectivity index (χ4v) is 2.93. The van der Waals surface area contributed by atoms with Gasteiger partial charge in [0.05, 0.1) is 19.3 Å². The molecule has 1 N–H and O–H groups in total. The highest BCUT2D eigenvalue weighted by Gasteiger charge is 2.13. The normalized spacial score (nSPS) is 12.5. The molecule has 0 aromatic heterocycles. The first-order valence-corrected chi connectivity index (χ1v) is 9.24. The Morgan fingerprint density at radius 3 is 2.50 bits per heavy atom. The van der Waals surface area contributed by atoms with Gasteiger partial charge in [0.15, 0.2) is 0 Å². The molecular weight excluding hydrogens is 326 g/mol. The molecule has 26 heavy (non-hydrogen) atoms. The van der Waals surface area contributed by atoms with Gasteiger partial charge < -0.3 is 14.6 Å². The van der Waals surface area contributed by atoms with E-state index in [0.717, 1.165) is 31.7 Å². The van der Waals surface area contributed by atoms with Gasteiger partial charge in [-0.15, -0.1) is 0 Å². The lowest BCUT2D eigenvalue weighted by Gasteiger charge is -2.26. The van der Waals surface area contributed by atoms with Gasteiger partial charge >= 0.3 is 0 Å². The maximum absolute atomic E-state index is 10.4. The third-order valence-corrected chi connectivity index (χ3v) is 4.37. The zero-order valence-corrected chi connectivity index (χ0v) is 15.9. The second-order valence-corrected chi connectivity index (χ2v) is 6.66. The van der Waals surface area contributed by atoms with Crippen molar-refractivity contribution in [3.8, 4) is 0 Å². The second kappa shape index (κ2) is 11.8. The molecule has 0 aliphatic carbocycles. The minimum Gasteiger partial charge on any atom is -0.389 e. The summed E-state index contributed by atoms with van der Waals surface area (Å²) in [7, 11) is 1.72. The van der Waals surface area contributed by atoms with Gasteiger partial charge in [0, 0.05) is 33.4 Å². The predicted octanol–water partition coefficient (Wildman–Crippen LogP) is 3.41. The fourth-order valence-electron chi connectivity index (χ4n) is 2.93. The first kappa shape index (κ1) is 20.6. The van der Waals surface area contributed by atoms with Crippen LogP contribution in [0.25, 0.3) is 0 Å². The van der Waals surface area contributed by atoms with Crippen molar-refractivity contribution in [3.05, 3.63) is 71.3 Å². The molecule has 0 saturated carbocycles. The molecule has 2 rings (SSSR count). The number of hydrogen-bond donors (Lipinski definition) is 1. The Bertz CT molecular complexity index is 618. The molecule has 0 radical (unpaired) electrons. The summed E-state index contributed by atoms with van der Waals surface area (Å²) in [6, 6.07) is 18.4. The van der Waals surface area contributed by atoms with E-state index in [1.54, 1.807) is 7.11 Å². The number of nitrogens with zero attached hydrogens (tertiary/aromatic N) is 1. The standard InChI is InChI=1S/C22H31NO3/c1-19-9-6-7-12-21(19)15-23(13-8-14-25-2)16-22(24)18-26-17-20-10-4-3-5-11-20/h3-7,9-12,22,24H,8,13-18H2,1-2H3/t22-/m1/s1. The van der Waals surface area contributed by atoms with Crippen LogP contribution in [0.1, 0.15) is 23.1 Å². The van der Waals surface area contributed by atoms with Gasteiger partial charge in [0.25, 0.3) is 0 Å². The minimum absolute atomic E-state index is 0.337. The Morgan fingerprint density at radius 2 is 1.77 bits per heavy atom. The van der Waals surface area contributed by atoms with Crippen LogP contribution in [0.5, 0.6) is 0 Å². The summed E-state index contributed by atoms with van der Waals surface area (Å²) < 4.78 is 10.9. The largest absolute Gasteiger partial charge is 0.389 e. The monoisotopic (exact) mass is 357 g/mol. The maximum atomic E-state index is 10.4. The molecule has 0 unspecified atom stereocenters. The third-order valence-electron chi connectivity index (χ3n) is 4.37. The molecule has 0 bridgehead atoms. The van der Waals surface area contributed by atoms with Gasteiger partial charge in [-0.1, -0.05) is 54.6 Å². The fraction of sp³-hybridized carbons (Fsp3) is 0.455. The molecule has 142 valence electrons. The average Bonchev–Trinajstić information content (AvgIpc) is 2.64. The Labute approximate surface area is 157 Å². The molecule has 4 nitrogen and oxygen atoms in total. The number of benzene rings is 2. The van der Waals surface area contributed by atoms with E-state index in [2.05, 4.69) is 36.1 Å². The molecule has 0 aliphatic heterocycles. The Balaban J connectivity index is 1.83. The van der Waals surface area contributed by atoms with Gasteiger partial charge in [-0.25, -0.2) is 0 Å². The van der Waals surface area contributed by atoms with Crippen molar-refractivity contribution in [2.45, 2.75) is 32.6 Å². The molecule has 0 fully saturated rings. The van der Waals surface area contributed by atoms with E-state index in [4.69, 9.17) is 9.47 Å². The number of methoxy groups -OCH3 is 1. The molecular formula is C22H31NO3. The van der Waals surface area contributed by atoms with Crippen LogP contribution in [0.4, 0.5) is 0 Å². The van der Waals surface area contributed by atoms with Gasteiger partial charge in [-0.2, -0.15) is 0 Å². The number of rotatable bonds is 12. The number of aliphatic hydroxyl groups excluding tert-OH is 1. The van der Waals surface area contributed by atoms with E-state index in [9.17, 15) is 5.11 Å². The van der Waals surface area contributed by atoms with Crippen LogP contribution >= 0.6 is 0 Å². The maximum Gasteiger partial charge on any atom is 0.0900 e. The van der Waals surface area contributed by atoms with Crippen LogP contribution in [-0.2, 0) is 22.6 Å². The first-order chi connectivity index (χ1) is 12.7. The van der Waals surface area contributed by atoms with Crippen molar-refractivity contribution in [1.29, 1.82) is 0 Å². The number of aliphatic hydroxyl groups is 1. The van der Waals surface area contributed by atoms with Crippen LogP contribution < -0.4 is 0 Å². The van der Waals surface area contributed by atoms with E-state index in [0.29, 0.717) is 19.8 Å². The highest BCUT2D eigenvalue weighted by atomic mass is 16.5. The second-order valence-electron chi connectivity index (χ2n) is 6.66. The van der Waals surface area contributed by atoms with E-state index in [-0.39, 0.29) is 0 Å². The molecule has 4 heteroatoms. The van der Waals surface area contributed by atoms with Crippen LogP contribution in [0.3, 0.4) is 0 Å². The molecule has 0 saturated heterocycles. The van der Waals surface area contributed by atoms with Crippen molar-refractivity contribution in [1.82, 2.24) is 4.90 Å². The van der Waals surface area contributed by atoms with Crippen LogP contribution in [0, 0.1) is 6.92 Å². The lowest BCUT2D eigenvalue weighted by atomic mass is 10.1. The van der Waals surface area contributed by atoms with Crippen molar-refractivity contribution >= 4 is 0 Å². The number of hydrogen-bond acceptors (Lipinski definition) is 4. The van der Waals surface area contributed by atoms with E-state index < -0.39 is 6.10 Å². The molecule has 2 aromatic rings. The van der Waals surface area contributed by atoms with Gasteiger partial charge in [0.2, 0.25) is 0 Å². The SMILES string of the molecule is COCCCN(Cc1ccccc1C)C[C@@H](O)COCc1ccccc1. The lowest BCUT2D eigenvalue weighted by molar-refractivity contribution is 0.00736. The summed E-state index contributed by atoms with van der Waals surface area (Å²) in [5.41, 5.74) is 3.69. The molecule has 1 atom stereocenters. The van der Waals surface area contributed by atoms with E-state index in [1.807, 2.05) is 30.3 Å². The number of ether oxygens (including phenoxy) is 2. The minimum atomic E-state index is -0.509. The summed E-state index contributed by atoms with van der Waals surface area (Å²) in [6.07, 6.45) is 0.435. The summed E-state index contributed by atoms with van der Waals surface area (Å²) >= 11 is 0. The lowest BCUT2D eigenvalue weighted by Crippen LogP contribution is -2.35. The zero-order valence-electron chi connectivity index (χ0n) is 15.9.